The quantitative estimate of drug-likeness (QED) is 0.0646. The molecule has 2 fully saturated rings. The number of carbonyl (C=O) groups excluding carboxylic acids is 4. The number of aryl methyl sites for hydroxylation is 1. The highest BCUT2D eigenvalue weighted by atomic mass is 32.1. The summed E-state index contributed by atoms with van der Waals surface area (Å²) in [6.45, 7) is 13.4. The molecule has 0 bridgehead atoms. The molecule has 2 aliphatic rings. The third-order valence-corrected chi connectivity index (χ3v) is 13.2. The fraction of sp³-hybridized carbons (Fsp3) is 0.460. The Morgan fingerprint density at radius 2 is 1.62 bits per heavy atom. The zero-order valence-electron chi connectivity index (χ0n) is 39.6. The van der Waals surface area contributed by atoms with Crippen molar-refractivity contribution in [2.24, 2.45) is 5.41 Å². The maximum Gasteiger partial charge on any atom is 0.417 e. The third kappa shape index (κ3) is 12.8. The number of ether oxygens (including phenoxy) is 3. The van der Waals surface area contributed by atoms with E-state index in [9.17, 15) is 37.6 Å². The fourth-order valence-corrected chi connectivity index (χ4v) is 9.50. The standard InChI is InChI=1S/C50H58F3N7O7S2/c1-32-42(69-31-56-32)34-14-12-33(13-15-34)30-55-44(62)40-10-7-22-58(40)45(63)43(48(2,3)4)57-41(61)11-8-23-65-26-27-66-24-9-25-67-38-20-18-36(19-21-38)60-47(68)59(46(64)49(60,5)6)37-17-16-35(29-54)39(28-37)50(51,52)53/h12-21,28,31,40,43H,7-11,22-27,30H2,1-6H3,(H,55,62)(H,57,61)/t40-,43?/m0/s1. The number of nitriles is 1. The zero-order chi connectivity index (χ0) is 50.1. The topological polar surface area (TPSA) is 166 Å². The number of amides is 4. The van der Waals surface area contributed by atoms with Crippen LogP contribution in [0.1, 0.15) is 89.1 Å². The van der Waals surface area contributed by atoms with E-state index in [0.717, 1.165) is 38.7 Å². The van der Waals surface area contributed by atoms with Crippen molar-refractivity contribution in [1.29, 1.82) is 5.26 Å². The molecule has 2 atom stereocenters. The number of carbonyl (C=O) groups is 4. The molecule has 6 rings (SSSR count). The minimum atomic E-state index is -4.80. The van der Waals surface area contributed by atoms with Gasteiger partial charge in [-0.05, 0) is 111 Å². The maximum absolute atomic E-state index is 13.9. The first-order valence-electron chi connectivity index (χ1n) is 22.8. The summed E-state index contributed by atoms with van der Waals surface area (Å²) in [6, 6.07) is 18.0. The molecule has 4 amide bonds. The van der Waals surface area contributed by atoms with E-state index in [-0.39, 0.29) is 34.9 Å². The van der Waals surface area contributed by atoms with Gasteiger partial charge < -0.3 is 34.6 Å². The Bertz CT molecular complexity index is 2520. The minimum absolute atomic E-state index is 0.00523. The molecule has 3 heterocycles. The lowest BCUT2D eigenvalue weighted by Gasteiger charge is -2.35. The lowest BCUT2D eigenvalue weighted by Crippen LogP contribution is -2.57. The molecule has 0 spiro atoms. The van der Waals surface area contributed by atoms with Crippen LogP contribution in [0.25, 0.3) is 10.4 Å². The van der Waals surface area contributed by atoms with Crippen LogP contribution in [0.15, 0.2) is 72.2 Å². The van der Waals surface area contributed by atoms with Gasteiger partial charge in [0.25, 0.3) is 5.91 Å². The van der Waals surface area contributed by atoms with Gasteiger partial charge in [0.2, 0.25) is 17.7 Å². The maximum atomic E-state index is 13.9. The summed E-state index contributed by atoms with van der Waals surface area (Å²) in [6.07, 6.45) is -2.37. The van der Waals surface area contributed by atoms with E-state index in [1.165, 1.54) is 6.07 Å². The molecule has 69 heavy (non-hydrogen) atoms. The van der Waals surface area contributed by atoms with Crippen LogP contribution < -0.4 is 25.2 Å². The molecular formula is C50H58F3N7O7S2. The van der Waals surface area contributed by atoms with Gasteiger partial charge in [-0.2, -0.15) is 18.4 Å². The number of rotatable bonds is 20. The van der Waals surface area contributed by atoms with Crippen LogP contribution in [-0.4, -0.2) is 95.8 Å². The summed E-state index contributed by atoms with van der Waals surface area (Å²) in [4.78, 5) is 63.6. The van der Waals surface area contributed by atoms with Gasteiger partial charge in [0.05, 0.1) is 58.8 Å². The van der Waals surface area contributed by atoms with Gasteiger partial charge in [0.15, 0.2) is 5.11 Å². The van der Waals surface area contributed by atoms with E-state index >= 15 is 0 Å². The van der Waals surface area contributed by atoms with Gasteiger partial charge in [0, 0.05) is 44.8 Å². The van der Waals surface area contributed by atoms with Gasteiger partial charge in [0.1, 0.15) is 23.4 Å². The van der Waals surface area contributed by atoms with Gasteiger partial charge in [-0.15, -0.1) is 11.3 Å². The lowest BCUT2D eigenvalue weighted by molar-refractivity contribution is -0.144. The Kier molecular flexibility index (Phi) is 17.2. The Balaban J connectivity index is 0.857. The SMILES string of the molecule is Cc1ncsc1-c1ccc(CNC(=O)[C@@H]2CCCN2C(=O)C(NC(=O)CCCOCCOCCCOc2ccc(N3C(=S)N(c4ccc(C#N)c(C(F)(F)F)c4)C(=O)C3(C)C)cc2)C(C)(C)C)cc1. The number of thiocarbonyl (C=S) groups is 1. The summed E-state index contributed by atoms with van der Waals surface area (Å²) in [7, 11) is 0. The van der Waals surface area contributed by atoms with E-state index in [4.69, 9.17) is 26.4 Å². The molecule has 14 nitrogen and oxygen atoms in total. The van der Waals surface area contributed by atoms with E-state index in [2.05, 4.69) is 15.6 Å². The number of nitrogens with one attached hydrogen (secondary N) is 2. The molecule has 2 saturated heterocycles. The van der Waals surface area contributed by atoms with Gasteiger partial charge >= 0.3 is 6.18 Å². The number of alkyl halides is 3. The highest BCUT2D eigenvalue weighted by Crippen LogP contribution is 2.40. The van der Waals surface area contributed by atoms with Gasteiger partial charge in [-0.3, -0.25) is 24.1 Å². The fourth-order valence-electron chi connectivity index (χ4n) is 8.17. The average molecular weight is 990 g/mol. The van der Waals surface area contributed by atoms with Crippen LogP contribution >= 0.6 is 23.6 Å². The summed E-state index contributed by atoms with van der Waals surface area (Å²) >= 11 is 7.20. The highest BCUT2D eigenvalue weighted by molar-refractivity contribution is 7.81. The predicted octanol–water partition coefficient (Wildman–Crippen LogP) is 8.35. The first-order valence-corrected chi connectivity index (χ1v) is 24.1. The molecule has 3 aromatic carbocycles. The summed E-state index contributed by atoms with van der Waals surface area (Å²) in [5, 5.41) is 15.1. The van der Waals surface area contributed by atoms with Gasteiger partial charge in [-0.25, -0.2) is 4.98 Å². The molecule has 19 heteroatoms. The number of hydrogen-bond donors (Lipinski definition) is 2. The summed E-state index contributed by atoms with van der Waals surface area (Å²) < 4.78 is 58.3. The number of likely N-dealkylation sites (tertiary alicyclic amines) is 1. The first-order chi connectivity index (χ1) is 32.7. The van der Waals surface area contributed by atoms with Crippen molar-refractivity contribution in [2.45, 2.75) is 104 Å². The van der Waals surface area contributed by atoms with Crippen LogP contribution in [0.5, 0.6) is 5.75 Å². The number of nitrogens with zero attached hydrogens (tertiary/aromatic N) is 5. The van der Waals surface area contributed by atoms with Crippen molar-refractivity contribution in [3.05, 3.63) is 94.6 Å². The normalized spacial score (nSPS) is 16.4. The van der Waals surface area contributed by atoms with Crippen molar-refractivity contribution < 1.29 is 46.6 Å². The lowest BCUT2D eigenvalue weighted by atomic mass is 9.85. The highest BCUT2D eigenvalue weighted by Gasteiger charge is 2.51. The van der Waals surface area contributed by atoms with Crippen LogP contribution in [0.2, 0.25) is 0 Å². The van der Waals surface area contributed by atoms with Crippen LogP contribution in [-0.2, 0) is 41.4 Å². The molecule has 0 radical (unpaired) electrons. The van der Waals surface area contributed by atoms with Gasteiger partial charge in [-0.1, -0.05) is 45.0 Å². The number of thiazole rings is 1. The monoisotopic (exact) mass is 989 g/mol. The second-order valence-corrected chi connectivity index (χ2v) is 19.6. The zero-order valence-corrected chi connectivity index (χ0v) is 41.2. The average Bonchev–Trinajstić information content (AvgIpc) is 4.02. The van der Waals surface area contributed by atoms with Crippen LogP contribution in [0.4, 0.5) is 24.5 Å². The van der Waals surface area contributed by atoms with E-state index in [0.29, 0.717) is 83.2 Å². The van der Waals surface area contributed by atoms with Crippen LogP contribution in [0.3, 0.4) is 0 Å². The summed E-state index contributed by atoms with van der Waals surface area (Å²) in [5.74, 6) is -0.728. The molecule has 0 saturated carbocycles. The second-order valence-electron chi connectivity index (χ2n) is 18.4. The first kappa shape index (κ1) is 52.4. The largest absolute Gasteiger partial charge is 0.494 e. The van der Waals surface area contributed by atoms with E-state index in [1.807, 2.05) is 57.5 Å². The van der Waals surface area contributed by atoms with Crippen molar-refractivity contribution in [3.8, 4) is 22.3 Å². The van der Waals surface area contributed by atoms with Crippen molar-refractivity contribution >= 4 is 63.7 Å². The summed E-state index contributed by atoms with van der Waals surface area (Å²) in [5.41, 5.74) is 1.74. The molecule has 1 unspecified atom stereocenters. The molecular weight excluding hydrogens is 932 g/mol. The third-order valence-electron chi connectivity index (χ3n) is 11.9. The van der Waals surface area contributed by atoms with E-state index < -0.39 is 46.2 Å². The molecule has 0 aliphatic carbocycles. The molecule has 1 aromatic heterocycles. The minimum Gasteiger partial charge on any atom is -0.494 e. The number of aromatic nitrogens is 1. The predicted molar refractivity (Wildman–Crippen MR) is 260 cm³/mol. The smallest absolute Gasteiger partial charge is 0.417 e. The molecule has 4 aromatic rings. The van der Waals surface area contributed by atoms with Crippen molar-refractivity contribution in [1.82, 2.24) is 20.5 Å². The van der Waals surface area contributed by atoms with Crippen molar-refractivity contribution in [2.75, 3.05) is 49.4 Å². The molecule has 2 N–H and O–H groups in total. The molecule has 2 aliphatic heterocycles. The number of hydrogen-bond acceptors (Lipinski definition) is 11. The Labute approximate surface area is 410 Å². The van der Waals surface area contributed by atoms with E-state index in [1.54, 1.807) is 65.3 Å². The Hall–Kier alpha value is -5.94. The number of anilines is 2. The molecule has 368 valence electrons. The van der Waals surface area contributed by atoms with Crippen molar-refractivity contribution in [3.63, 3.8) is 0 Å². The Morgan fingerprint density at radius 1 is 0.957 bits per heavy atom. The second kappa shape index (κ2) is 22.7. The number of halogens is 3. The van der Waals surface area contributed by atoms with Crippen LogP contribution in [0, 0.1) is 23.7 Å². The Morgan fingerprint density at radius 3 is 2.25 bits per heavy atom. The number of benzene rings is 3.